The molecule has 1 rings (SSSR count). The summed E-state index contributed by atoms with van der Waals surface area (Å²) in [5, 5.41) is -1.36. The molecule has 1 atom stereocenters. The first-order valence-electron chi connectivity index (χ1n) is 2.25. The van der Waals surface area contributed by atoms with Gasteiger partial charge in [-0.1, -0.05) is 0 Å². The number of hydrogen-bond acceptors (Lipinski definition) is 2. The fourth-order valence-electron chi connectivity index (χ4n) is 0.454. The van der Waals surface area contributed by atoms with E-state index in [1.54, 1.807) is 0 Å². The zero-order valence-corrected chi connectivity index (χ0v) is 5.09. The summed E-state index contributed by atoms with van der Waals surface area (Å²) in [6.45, 7) is 0. The van der Waals surface area contributed by atoms with Crippen LogP contribution in [0.15, 0.2) is 12.3 Å². The van der Waals surface area contributed by atoms with Crippen LogP contribution in [0, 0.1) is 0 Å². The van der Waals surface area contributed by atoms with Gasteiger partial charge in [0.1, 0.15) is 5.25 Å². The molecule has 0 aromatic rings. The van der Waals surface area contributed by atoms with E-state index in [-0.39, 0.29) is 0 Å². The van der Waals surface area contributed by atoms with E-state index in [0.29, 0.717) is 11.9 Å². The standard InChI is InChI=1S/C4H4F3NS/c5-4(6,7)3-1-2-8-9-3/h1-3,8H. The lowest BCUT2D eigenvalue weighted by Gasteiger charge is -2.09. The van der Waals surface area contributed by atoms with Gasteiger partial charge in [-0.15, -0.1) is 0 Å². The van der Waals surface area contributed by atoms with E-state index in [4.69, 9.17) is 0 Å². The van der Waals surface area contributed by atoms with Gasteiger partial charge in [-0.25, -0.2) is 0 Å². The van der Waals surface area contributed by atoms with Gasteiger partial charge in [0.15, 0.2) is 0 Å². The molecule has 1 aliphatic rings. The predicted molar refractivity (Wildman–Crippen MR) is 29.7 cm³/mol. The Kier molecular flexibility index (Phi) is 1.61. The quantitative estimate of drug-likeness (QED) is 0.534. The highest BCUT2D eigenvalue weighted by Crippen LogP contribution is 2.31. The van der Waals surface area contributed by atoms with Gasteiger partial charge in [0.25, 0.3) is 0 Å². The second kappa shape index (κ2) is 2.13. The first-order valence-corrected chi connectivity index (χ1v) is 3.13. The third-order valence-corrected chi connectivity index (χ3v) is 1.81. The Balaban J connectivity index is 2.53. The van der Waals surface area contributed by atoms with Crippen LogP contribution >= 0.6 is 11.9 Å². The van der Waals surface area contributed by atoms with Gasteiger partial charge in [0.2, 0.25) is 0 Å². The van der Waals surface area contributed by atoms with Crippen molar-refractivity contribution in [2.75, 3.05) is 0 Å². The van der Waals surface area contributed by atoms with Crippen LogP contribution in [0.4, 0.5) is 13.2 Å². The fourth-order valence-corrected chi connectivity index (χ4v) is 1.05. The van der Waals surface area contributed by atoms with Crippen LogP contribution < -0.4 is 4.72 Å². The molecule has 1 unspecified atom stereocenters. The molecule has 1 heterocycles. The SMILES string of the molecule is FC(F)(F)C1C=CNS1. The number of rotatable bonds is 0. The maximum atomic E-state index is 11.6. The molecule has 9 heavy (non-hydrogen) atoms. The summed E-state index contributed by atoms with van der Waals surface area (Å²) in [6, 6.07) is 0. The van der Waals surface area contributed by atoms with Gasteiger partial charge in [0, 0.05) is 6.20 Å². The zero-order chi connectivity index (χ0) is 6.91. The lowest BCUT2D eigenvalue weighted by Crippen LogP contribution is -2.22. The van der Waals surface area contributed by atoms with E-state index < -0.39 is 11.4 Å². The lowest BCUT2D eigenvalue weighted by molar-refractivity contribution is -0.119. The van der Waals surface area contributed by atoms with Crippen LogP contribution in [-0.2, 0) is 0 Å². The Morgan fingerprint density at radius 2 is 2.11 bits per heavy atom. The van der Waals surface area contributed by atoms with Crippen molar-refractivity contribution in [1.82, 2.24) is 4.72 Å². The van der Waals surface area contributed by atoms with Crippen molar-refractivity contribution in [3.8, 4) is 0 Å². The molecule has 0 aromatic carbocycles. The maximum absolute atomic E-state index is 11.6. The second-order valence-corrected chi connectivity index (χ2v) is 2.54. The lowest BCUT2D eigenvalue weighted by atomic mass is 10.4. The Bertz CT molecular complexity index is 130. The number of alkyl halides is 3. The Labute approximate surface area is 54.4 Å². The largest absolute Gasteiger partial charge is 0.405 e. The summed E-state index contributed by atoms with van der Waals surface area (Å²) in [5.41, 5.74) is 0. The first-order chi connectivity index (χ1) is 4.11. The third-order valence-electron chi connectivity index (χ3n) is 0.857. The van der Waals surface area contributed by atoms with Crippen molar-refractivity contribution in [2.45, 2.75) is 11.4 Å². The molecule has 52 valence electrons. The summed E-state index contributed by atoms with van der Waals surface area (Å²) in [6.07, 6.45) is -1.72. The molecule has 5 heteroatoms. The second-order valence-electron chi connectivity index (χ2n) is 1.56. The summed E-state index contributed by atoms with van der Waals surface area (Å²) in [7, 11) is 0. The maximum Gasteiger partial charge on any atom is 0.405 e. The fraction of sp³-hybridized carbons (Fsp3) is 0.500. The van der Waals surface area contributed by atoms with Crippen molar-refractivity contribution in [3.63, 3.8) is 0 Å². The molecule has 1 aliphatic heterocycles. The average molecular weight is 155 g/mol. The molecule has 0 fully saturated rings. The minimum absolute atomic E-state index is 0.663. The zero-order valence-electron chi connectivity index (χ0n) is 4.27. The molecule has 0 aliphatic carbocycles. The molecule has 0 saturated heterocycles. The first kappa shape index (κ1) is 6.80. The van der Waals surface area contributed by atoms with E-state index in [9.17, 15) is 13.2 Å². The minimum Gasteiger partial charge on any atom is -0.336 e. The Morgan fingerprint density at radius 3 is 2.33 bits per heavy atom. The van der Waals surface area contributed by atoms with E-state index >= 15 is 0 Å². The topological polar surface area (TPSA) is 12.0 Å². The molecule has 0 saturated carbocycles. The van der Waals surface area contributed by atoms with Crippen LogP contribution in [0.1, 0.15) is 0 Å². The smallest absolute Gasteiger partial charge is 0.336 e. The third kappa shape index (κ3) is 1.54. The molecule has 1 nitrogen and oxygen atoms in total. The summed E-state index contributed by atoms with van der Waals surface area (Å²) >= 11 is 0.663. The van der Waals surface area contributed by atoms with Crippen LogP contribution in [0.3, 0.4) is 0 Å². The van der Waals surface area contributed by atoms with Crippen LogP contribution in [0.25, 0.3) is 0 Å². The van der Waals surface area contributed by atoms with Gasteiger partial charge < -0.3 is 4.72 Å². The van der Waals surface area contributed by atoms with Gasteiger partial charge >= 0.3 is 6.18 Å². The van der Waals surface area contributed by atoms with Crippen molar-refractivity contribution < 1.29 is 13.2 Å². The van der Waals surface area contributed by atoms with Gasteiger partial charge in [-0.2, -0.15) is 13.2 Å². The van der Waals surface area contributed by atoms with Crippen molar-refractivity contribution in [3.05, 3.63) is 12.3 Å². The highest BCUT2D eigenvalue weighted by Gasteiger charge is 2.39. The summed E-state index contributed by atoms with van der Waals surface area (Å²) < 4.78 is 37.3. The van der Waals surface area contributed by atoms with E-state index in [1.807, 2.05) is 0 Å². The van der Waals surface area contributed by atoms with Crippen molar-refractivity contribution in [1.29, 1.82) is 0 Å². The highest BCUT2D eigenvalue weighted by atomic mass is 32.2. The Morgan fingerprint density at radius 1 is 1.44 bits per heavy atom. The predicted octanol–water partition coefficient (Wildman–Crippen LogP) is 1.68. The molecule has 0 spiro atoms. The van der Waals surface area contributed by atoms with E-state index in [2.05, 4.69) is 4.72 Å². The highest BCUT2D eigenvalue weighted by molar-refractivity contribution is 7.98. The molecular weight excluding hydrogens is 151 g/mol. The number of halogens is 3. The monoisotopic (exact) mass is 155 g/mol. The van der Waals surface area contributed by atoms with E-state index in [0.717, 1.165) is 6.08 Å². The van der Waals surface area contributed by atoms with Crippen molar-refractivity contribution in [2.24, 2.45) is 0 Å². The van der Waals surface area contributed by atoms with Crippen LogP contribution in [-0.4, -0.2) is 11.4 Å². The molecule has 0 amide bonds. The summed E-state index contributed by atoms with van der Waals surface area (Å²) in [5.74, 6) is 0. The van der Waals surface area contributed by atoms with Gasteiger partial charge in [-0.3, -0.25) is 0 Å². The van der Waals surface area contributed by atoms with Crippen molar-refractivity contribution >= 4 is 11.9 Å². The number of nitrogens with one attached hydrogen (secondary N) is 1. The van der Waals surface area contributed by atoms with Gasteiger partial charge in [-0.05, 0) is 18.0 Å². The minimum atomic E-state index is -4.11. The molecule has 0 aromatic heterocycles. The normalized spacial score (nSPS) is 26.3. The Hall–Kier alpha value is -0.320. The van der Waals surface area contributed by atoms with Gasteiger partial charge in [0.05, 0.1) is 0 Å². The van der Waals surface area contributed by atoms with Crippen LogP contribution in [0.2, 0.25) is 0 Å². The molecule has 0 bridgehead atoms. The molecule has 0 radical (unpaired) electrons. The average Bonchev–Trinajstić information content (AvgIpc) is 2.08. The summed E-state index contributed by atoms with van der Waals surface area (Å²) in [4.78, 5) is 0. The molecule has 1 N–H and O–H groups in total. The van der Waals surface area contributed by atoms with Crippen LogP contribution in [0.5, 0.6) is 0 Å². The number of hydrogen-bond donors (Lipinski definition) is 1. The molecular formula is C4H4F3NS. The van der Waals surface area contributed by atoms with E-state index in [1.165, 1.54) is 6.20 Å².